The topological polar surface area (TPSA) is 59.1 Å². The Kier molecular flexibility index (Phi) is 5.34. The SMILES string of the molecule is O=C(Nc1nc(-c2ccccc2)c(C(=O)c2ccccc2)s1)c1ccc(Cl)s1. The number of benzene rings is 2. The van der Waals surface area contributed by atoms with Crippen molar-refractivity contribution in [3.05, 3.63) is 92.5 Å². The van der Waals surface area contributed by atoms with E-state index in [1.807, 2.05) is 48.5 Å². The van der Waals surface area contributed by atoms with Gasteiger partial charge in [-0.2, -0.15) is 0 Å². The number of hydrogen-bond donors (Lipinski definition) is 1. The first-order valence-corrected chi connectivity index (χ1v) is 10.4. The fourth-order valence-corrected chi connectivity index (χ4v) is 4.52. The molecule has 4 aromatic rings. The van der Waals surface area contributed by atoms with Crippen LogP contribution in [0.15, 0.2) is 72.8 Å². The van der Waals surface area contributed by atoms with Crippen LogP contribution in [0.5, 0.6) is 0 Å². The third-order valence-corrected chi connectivity index (χ3v) is 6.13. The highest BCUT2D eigenvalue weighted by Gasteiger charge is 2.22. The lowest BCUT2D eigenvalue weighted by Gasteiger charge is -2.02. The summed E-state index contributed by atoms with van der Waals surface area (Å²) in [6, 6.07) is 21.8. The Morgan fingerprint density at radius 2 is 1.54 bits per heavy atom. The molecule has 4 nitrogen and oxygen atoms in total. The van der Waals surface area contributed by atoms with E-state index < -0.39 is 0 Å². The van der Waals surface area contributed by atoms with E-state index in [-0.39, 0.29) is 11.7 Å². The smallest absolute Gasteiger partial charge is 0.267 e. The number of anilines is 1. The van der Waals surface area contributed by atoms with Crippen LogP contribution in [-0.2, 0) is 0 Å². The second-order valence-electron chi connectivity index (χ2n) is 5.82. The number of amides is 1. The highest BCUT2D eigenvalue weighted by Crippen LogP contribution is 2.33. The van der Waals surface area contributed by atoms with Crippen LogP contribution in [0.2, 0.25) is 4.34 Å². The van der Waals surface area contributed by atoms with Crippen LogP contribution >= 0.6 is 34.3 Å². The van der Waals surface area contributed by atoms with Gasteiger partial charge < -0.3 is 0 Å². The summed E-state index contributed by atoms with van der Waals surface area (Å²) in [6.07, 6.45) is 0. The molecular weight excluding hydrogens is 412 g/mol. The van der Waals surface area contributed by atoms with Crippen molar-refractivity contribution in [2.24, 2.45) is 0 Å². The number of ketones is 1. The van der Waals surface area contributed by atoms with Crippen LogP contribution in [0.4, 0.5) is 5.13 Å². The van der Waals surface area contributed by atoms with Gasteiger partial charge in [0.25, 0.3) is 5.91 Å². The number of aromatic nitrogens is 1. The first-order valence-electron chi connectivity index (χ1n) is 8.34. The second-order valence-corrected chi connectivity index (χ2v) is 8.53. The summed E-state index contributed by atoms with van der Waals surface area (Å²) in [5.41, 5.74) is 1.95. The van der Waals surface area contributed by atoms with E-state index in [1.54, 1.807) is 24.3 Å². The van der Waals surface area contributed by atoms with Crippen molar-refractivity contribution >= 4 is 51.1 Å². The Balaban J connectivity index is 1.72. The van der Waals surface area contributed by atoms with E-state index in [2.05, 4.69) is 10.3 Å². The number of thiazole rings is 1. The number of thiophene rings is 1. The maximum Gasteiger partial charge on any atom is 0.267 e. The molecule has 0 fully saturated rings. The van der Waals surface area contributed by atoms with Crippen molar-refractivity contribution in [2.75, 3.05) is 5.32 Å². The van der Waals surface area contributed by atoms with Crippen molar-refractivity contribution in [3.63, 3.8) is 0 Å². The minimum atomic E-state index is -0.302. The lowest BCUT2D eigenvalue weighted by molar-refractivity contribution is 0.102. The van der Waals surface area contributed by atoms with Crippen LogP contribution in [0, 0.1) is 0 Å². The summed E-state index contributed by atoms with van der Waals surface area (Å²) in [4.78, 5) is 31.0. The number of nitrogens with one attached hydrogen (secondary N) is 1. The molecule has 2 aromatic heterocycles. The molecular formula is C21H13ClN2O2S2. The molecule has 2 heterocycles. The van der Waals surface area contributed by atoms with Gasteiger partial charge in [-0.25, -0.2) is 4.98 Å². The standard InChI is InChI=1S/C21H13ClN2O2S2/c22-16-12-11-15(27-16)20(26)24-21-23-17(13-7-3-1-4-8-13)19(28-21)18(25)14-9-5-2-6-10-14/h1-12H,(H,23,24,26). The number of nitrogens with zero attached hydrogens (tertiary/aromatic N) is 1. The van der Waals surface area contributed by atoms with Gasteiger partial charge in [-0.3, -0.25) is 14.9 Å². The summed E-state index contributed by atoms with van der Waals surface area (Å²) in [5, 5.41) is 3.14. The van der Waals surface area contributed by atoms with Crippen molar-refractivity contribution in [1.82, 2.24) is 4.98 Å². The first-order chi connectivity index (χ1) is 13.6. The second kappa shape index (κ2) is 8.06. The predicted molar refractivity (Wildman–Crippen MR) is 115 cm³/mol. The van der Waals surface area contributed by atoms with Gasteiger partial charge in [0.05, 0.1) is 14.9 Å². The average Bonchev–Trinajstić information content (AvgIpc) is 3.35. The molecule has 28 heavy (non-hydrogen) atoms. The molecule has 4 rings (SSSR count). The monoisotopic (exact) mass is 424 g/mol. The highest BCUT2D eigenvalue weighted by atomic mass is 35.5. The summed E-state index contributed by atoms with van der Waals surface area (Å²) < 4.78 is 0.536. The number of carbonyl (C=O) groups excluding carboxylic acids is 2. The zero-order chi connectivity index (χ0) is 19.5. The number of halogens is 1. The van der Waals surface area contributed by atoms with Crippen molar-refractivity contribution in [3.8, 4) is 11.3 Å². The van der Waals surface area contributed by atoms with E-state index in [4.69, 9.17) is 11.6 Å². The Bertz CT molecular complexity index is 1140. The van der Waals surface area contributed by atoms with E-state index in [0.717, 1.165) is 5.56 Å². The zero-order valence-corrected chi connectivity index (χ0v) is 16.8. The van der Waals surface area contributed by atoms with Crippen LogP contribution in [0.25, 0.3) is 11.3 Å². The molecule has 0 bridgehead atoms. The maximum atomic E-state index is 13.1. The number of carbonyl (C=O) groups is 2. The van der Waals surface area contributed by atoms with Crippen LogP contribution in [-0.4, -0.2) is 16.7 Å². The molecule has 1 amide bonds. The maximum absolute atomic E-state index is 13.1. The first kappa shape index (κ1) is 18.6. The fraction of sp³-hybridized carbons (Fsp3) is 0. The summed E-state index contributed by atoms with van der Waals surface area (Å²) in [7, 11) is 0. The van der Waals surface area contributed by atoms with Gasteiger partial charge in [0.2, 0.25) is 5.78 Å². The minimum Gasteiger partial charge on any atom is -0.297 e. The van der Waals surface area contributed by atoms with Gasteiger partial charge in [-0.1, -0.05) is 83.6 Å². The van der Waals surface area contributed by atoms with Gasteiger partial charge in [0.1, 0.15) is 4.88 Å². The van der Waals surface area contributed by atoms with Crippen molar-refractivity contribution in [1.29, 1.82) is 0 Å². The van der Waals surface area contributed by atoms with Crippen LogP contribution < -0.4 is 5.32 Å². The normalized spacial score (nSPS) is 10.6. The van der Waals surface area contributed by atoms with Gasteiger partial charge in [0, 0.05) is 11.1 Å². The molecule has 0 aliphatic carbocycles. The van der Waals surface area contributed by atoms with Gasteiger partial charge in [-0.05, 0) is 12.1 Å². The summed E-state index contributed by atoms with van der Waals surface area (Å²) >= 11 is 8.26. The molecule has 2 aromatic carbocycles. The molecule has 0 aliphatic heterocycles. The molecule has 138 valence electrons. The molecule has 0 saturated carbocycles. The van der Waals surface area contributed by atoms with E-state index in [1.165, 1.54) is 22.7 Å². The van der Waals surface area contributed by atoms with Gasteiger partial charge >= 0.3 is 0 Å². The summed E-state index contributed by atoms with van der Waals surface area (Å²) in [5.74, 6) is -0.430. The molecule has 0 unspecified atom stereocenters. The molecule has 0 saturated heterocycles. The molecule has 0 radical (unpaired) electrons. The minimum absolute atomic E-state index is 0.128. The van der Waals surface area contributed by atoms with Crippen LogP contribution in [0.3, 0.4) is 0 Å². The molecule has 1 N–H and O–H groups in total. The van der Waals surface area contributed by atoms with Crippen LogP contribution in [0.1, 0.15) is 24.9 Å². The Labute approximate surface area is 174 Å². The highest BCUT2D eigenvalue weighted by molar-refractivity contribution is 7.19. The lowest BCUT2D eigenvalue weighted by atomic mass is 10.1. The molecule has 0 atom stereocenters. The molecule has 0 spiro atoms. The number of hydrogen-bond acceptors (Lipinski definition) is 5. The van der Waals surface area contributed by atoms with E-state index in [0.29, 0.717) is 30.5 Å². The largest absolute Gasteiger partial charge is 0.297 e. The van der Waals surface area contributed by atoms with Crippen molar-refractivity contribution < 1.29 is 9.59 Å². The predicted octanol–water partition coefficient (Wildman–Crippen LogP) is 6.01. The quantitative estimate of drug-likeness (QED) is 0.399. The average molecular weight is 425 g/mol. The Morgan fingerprint density at radius 1 is 0.857 bits per heavy atom. The van der Waals surface area contributed by atoms with Crippen molar-refractivity contribution in [2.45, 2.75) is 0 Å². The molecule has 7 heteroatoms. The van der Waals surface area contributed by atoms with E-state index in [9.17, 15) is 9.59 Å². The third-order valence-electron chi connectivity index (χ3n) is 3.93. The van der Waals surface area contributed by atoms with Gasteiger partial charge in [0.15, 0.2) is 5.13 Å². The Hall–Kier alpha value is -2.80. The zero-order valence-electron chi connectivity index (χ0n) is 14.4. The van der Waals surface area contributed by atoms with E-state index >= 15 is 0 Å². The molecule has 0 aliphatic rings. The lowest BCUT2D eigenvalue weighted by Crippen LogP contribution is -2.09. The third kappa shape index (κ3) is 3.89. The Morgan fingerprint density at radius 3 is 2.18 bits per heavy atom. The van der Waals surface area contributed by atoms with Gasteiger partial charge in [-0.15, -0.1) is 11.3 Å². The number of rotatable bonds is 5. The fourth-order valence-electron chi connectivity index (χ4n) is 2.63. The summed E-state index contributed by atoms with van der Waals surface area (Å²) in [6.45, 7) is 0.